The first-order valence-corrected chi connectivity index (χ1v) is 8.16. The third kappa shape index (κ3) is 3.32. The Hall–Kier alpha value is -2.08. The number of nitrogens with one attached hydrogen (secondary N) is 1. The minimum atomic E-state index is -0.465. The Kier molecular flexibility index (Phi) is 4.52. The van der Waals surface area contributed by atoms with Crippen LogP contribution in [0.15, 0.2) is 30.3 Å². The van der Waals surface area contributed by atoms with Crippen molar-refractivity contribution in [3.8, 4) is 0 Å². The van der Waals surface area contributed by atoms with Crippen molar-refractivity contribution < 1.29 is 14.7 Å². The van der Waals surface area contributed by atoms with Crippen LogP contribution in [0.4, 0.5) is 10.5 Å². The van der Waals surface area contributed by atoms with Gasteiger partial charge in [-0.1, -0.05) is 18.2 Å². The third-order valence-electron chi connectivity index (χ3n) is 4.77. The van der Waals surface area contributed by atoms with Crippen LogP contribution in [0.5, 0.6) is 0 Å². The fraction of sp³-hybridized carbons (Fsp3) is 0.529. The minimum absolute atomic E-state index is 0.0594. The van der Waals surface area contributed by atoms with Crippen LogP contribution in [0.1, 0.15) is 19.8 Å². The molecule has 3 atom stereocenters. The molecular weight excluding hydrogens is 294 g/mol. The van der Waals surface area contributed by atoms with Crippen LogP contribution >= 0.6 is 0 Å². The summed E-state index contributed by atoms with van der Waals surface area (Å²) >= 11 is 0. The lowest BCUT2D eigenvalue weighted by atomic mass is 10.0. The van der Waals surface area contributed by atoms with Crippen molar-refractivity contribution in [3.05, 3.63) is 30.3 Å². The van der Waals surface area contributed by atoms with Gasteiger partial charge in [0, 0.05) is 31.2 Å². The molecule has 0 aromatic heterocycles. The zero-order valence-electron chi connectivity index (χ0n) is 13.3. The Bertz CT molecular complexity index is 576. The molecule has 0 bridgehead atoms. The summed E-state index contributed by atoms with van der Waals surface area (Å²) in [5.41, 5.74) is 0.865. The average molecular weight is 317 g/mol. The number of anilines is 1. The average Bonchev–Trinajstić information content (AvgIpc) is 3.16. The summed E-state index contributed by atoms with van der Waals surface area (Å²) in [6, 6.07) is 8.83. The van der Waals surface area contributed by atoms with E-state index in [1.807, 2.05) is 30.3 Å². The van der Waals surface area contributed by atoms with Gasteiger partial charge in [-0.25, -0.2) is 4.79 Å². The van der Waals surface area contributed by atoms with Crippen molar-refractivity contribution in [1.29, 1.82) is 0 Å². The predicted molar refractivity (Wildman–Crippen MR) is 87.1 cm³/mol. The number of likely N-dealkylation sites (tertiary alicyclic amines) is 1. The molecule has 2 saturated heterocycles. The summed E-state index contributed by atoms with van der Waals surface area (Å²) in [5.74, 6) is 0.0664. The van der Waals surface area contributed by atoms with E-state index in [1.54, 1.807) is 16.7 Å². The molecule has 2 fully saturated rings. The number of urea groups is 1. The molecule has 2 aliphatic rings. The van der Waals surface area contributed by atoms with Gasteiger partial charge in [0.15, 0.2) is 0 Å². The first kappa shape index (κ1) is 15.8. The summed E-state index contributed by atoms with van der Waals surface area (Å²) in [7, 11) is 0. The molecule has 3 amide bonds. The lowest BCUT2D eigenvalue weighted by Gasteiger charge is -2.21. The molecule has 0 aliphatic carbocycles. The number of hydrogen-bond acceptors (Lipinski definition) is 3. The monoisotopic (exact) mass is 317 g/mol. The van der Waals surface area contributed by atoms with Crippen LogP contribution in [0.2, 0.25) is 0 Å². The van der Waals surface area contributed by atoms with Gasteiger partial charge in [-0.05, 0) is 31.9 Å². The number of hydrogen-bond donors (Lipinski definition) is 2. The molecule has 3 unspecified atom stereocenters. The van der Waals surface area contributed by atoms with Crippen molar-refractivity contribution in [2.24, 2.45) is 5.92 Å². The van der Waals surface area contributed by atoms with E-state index in [0.29, 0.717) is 26.1 Å². The van der Waals surface area contributed by atoms with E-state index in [1.165, 1.54) is 0 Å². The molecule has 6 nitrogen and oxygen atoms in total. The van der Waals surface area contributed by atoms with Gasteiger partial charge in [0.1, 0.15) is 6.04 Å². The Labute approximate surface area is 136 Å². The number of carbonyl (C=O) groups excluding carboxylic acids is 2. The van der Waals surface area contributed by atoms with Gasteiger partial charge < -0.3 is 20.2 Å². The number of nitrogens with zero attached hydrogens (tertiary/aromatic N) is 2. The molecular formula is C17H23N3O3. The number of benzene rings is 1. The molecule has 2 N–H and O–H groups in total. The van der Waals surface area contributed by atoms with E-state index in [4.69, 9.17) is 0 Å². The highest BCUT2D eigenvalue weighted by atomic mass is 16.3. The van der Waals surface area contributed by atoms with E-state index < -0.39 is 12.1 Å². The number of aliphatic hydroxyl groups is 1. The summed E-state index contributed by atoms with van der Waals surface area (Å²) in [6.45, 7) is 3.55. The van der Waals surface area contributed by atoms with Crippen LogP contribution < -0.4 is 10.2 Å². The highest BCUT2D eigenvalue weighted by Crippen LogP contribution is 2.23. The number of rotatable bonds is 3. The molecule has 1 aromatic rings. The molecule has 2 heterocycles. The predicted octanol–water partition coefficient (Wildman–Crippen LogP) is 1.20. The van der Waals surface area contributed by atoms with Crippen LogP contribution in [0, 0.1) is 5.92 Å². The number of aliphatic hydroxyl groups excluding tert-OH is 1. The van der Waals surface area contributed by atoms with E-state index in [2.05, 4.69) is 5.32 Å². The summed E-state index contributed by atoms with van der Waals surface area (Å²) in [6.07, 6.45) is 1.02. The molecule has 0 spiro atoms. The van der Waals surface area contributed by atoms with Gasteiger partial charge in [-0.2, -0.15) is 0 Å². The van der Waals surface area contributed by atoms with Gasteiger partial charge in [-0.3, -0.25) is 4.79 Å². The number of para-hydroxylation sites is 1. The standard InChI is InChI=1S/C17H23N3O3/c1-12(21)13-7-9-19(11-13)17(23)18-15-8-10-20(16(15)22)14-5-3-2-4-6-14/h2-6,12-13,15,21H,7-11H2,1H3,(H,18,23). The lowest BCUT2D eigenvalue weighted by molar-refractivity contribution is -0.118. The van der Waals surface area contributed by atoms with Gasteiger partial charge in [0.05, 0.1) is 6.10 Å². The molecule has 3 rings (SSSR count). The SMILES string of the molecule is CC(O)C1CCN(C(=O)NC2CCN(c3ccccc3)C2=O)C1. The fourth-order valence-electron chi connectivity index (χ4n) is 3.28. The lowest BCUT2D eigenvalue weighted by Crippen LogP contribution is -2.47. The molecule has 124 valence electrons. The summed E-state index contributed by atoms with van der Waals surface area (Å²) < 4.78 is 0. The Morgan fingerprint density at radius 1 is 1.26 bits per heavy atom. The van der Waals surface area contributed by atoms with Crippen molar-refractivity contribution in [1.82, 2.24) is 10.2 Å². The Morgan fingerprint density at radius 3 is 2.65 bits per heavy atom. The second kappa shape index (κ2) is 6.58. The van der Waals surface area contributed by atoms with E-state index >= 15 is 0 Å². The van der Waals surface area contributed by atoms with Crippen molar-refractivity contribution in [2.45, 2.75) is 31.9 Å². The molecule has 1 aromatic carbocycles. The minimum Gasteiger partial charge on any atom is -0.393 e. The second-order valence-electron chi connectivity index (χ2n) is 6.35. The van der Waals surface area contributed by atoms with Crippen molar-refractivity contribution in [3.63, 3.8) is 0 Å². The highest BCUT2D eigenvalue weighted by molar-refractivity contribution is 6.01. The van der Waals surface area contributed by atoms with Gasteiger partial charge in [0.2, 0.25) is 5.91 Å². The largest absolute Gasteiger partial charge is 0.393 e. The van der Waals surface area contributed by atoms with Crippen LogP contribution in [-0.2, 0) is 4.79 Å². The molecule has 23 heavy (non-hydrogen) atoms. The zero-order chi connectivity index (χ0) is 16.4. The smallest absolute Gasteiger partial charge is 0.318 e. The number of carbonyl (C=O) groups is 2. The topological polar surface area (TPSA) is 72.9 Å². The molecule has 6 heteroatoms. The van der Waals surface area contributed by atoms with Crippen LogP contribution in [0.3, 0.4) is 0 Å². The molecule has 0 saturated carbocycles. The second-order valence-corrected chi connectivity index (χ2v) is 6.35. The Balaban J connectivity index is 1.57. The van der Waals surface area contributed by atoms with Gasteiger partial charge in [-0.15, -0.1) is 0 Å². The third-order valence-corrected chi connectivity index (χ3v) is 4.77. The normalized spacial score (nSPS) is 25.7. The zero-order valence-corrected chi connectivity index (χ0v) is 13.3. The maximum atomic E-state index is 12.5. The van der Waals surface area contributed by atoms with E-state index in [9.17, 15) is 14.7 Å². The molecule has 2 aliphatic heterocycles. The maximum absolute atomic E-state index is 12.5. The van der Waals surface area contributed by atoms with E-state index in [-0.39, 0.29) is 17.9 Å². The highest BCUT2D eigenvalue weighted by Gasteiger charge is 2.36. The van der Waals surface area contributed by atoms with Crippen molar-refractivity contribution in [2.75, 3.05) is 24.5 Å². The van der Waals surface area contributed by atoms with Crippen LogP contribution in [-0.4, -0.2) is 53.7 Å². The van der Waals surface area contributed by atoms with Crippen molar-refractivity contribution >= 4 is 17.6 Å². The maximum Gasteiger partial charge on any atom is 0.318 e. The summed E-state index contributed by atoms with van der Waals surface area (Å²) in [4.78, 5) is 28.2. The fourth-order valence-corrected chi connectivity index (χ4v) is 3.28. The first-order chi connectivity index (χ1) is 11.1. The Morgan fingerprint density at radius 2 is 2.00 bits per heavy atom. The van der Waals surface area contributed by atoms with Gasteiger partial charge in [0.25, 0.3) is 0 Å². The van der Waals surface area contributed by atoms with E-state index in [0.717, 1.165) is 12.1 Å². The molecule has 0 radical (unpaired) electrons. The first-order valence-electron chi connectivity index (χ1n) is 8.16. The van der Waals surface area contributed by atoms with Crippen LogP contribution in [0.25, 0.3) is 0 Å². The summed E-state index contributed by atoms with van der Waals surface area (Å²) in [5, 5.41) is 12.5. The number of amides is 3. The quantitative estimate of drug-likeness (QED) is 0.880. The van der Waals surface area contributed by atoms with Gasteiger partial charge >= 0.3 is 6.03 Å².